The maximum Gasteiger partial charge on any atom is 0.155 e. The smallest absolute Gasteiger partial charge is 0.155 e. The van der Waals surface area contributed by atoms with Crippen LogP contribution >= 0.6 is 0 Å². The van der Waals surface area contributed by atoms with Crippen molar-refractivity contribution in [1.82, 2.24) is 0 Å². The summed E-state index contributed by atoms with van der Waals surface area (Å²) in [6, 6.07) is 0. The average molecular weight is 379 g/mol. The van der Waals surface area contributed by atoms with Crippen molar-refractivity contribution in [3.8, 4) is 0 Å². The molecule has 0 N–H and O–H groups in total. The van der Waals surface area contributed by atoms with E-state index in [1.54, 1.807) is 20.8 Å². The van der Waals surface area contributed by atoms with Gasteiger partial charge in [-0.25, -0.2) is 16.8 Å². The fourth-order valence-corrected chi connectivity index (χ4v) is 7.11. The van der Waals surface area contributed by atoms with Gasteiger partial charge in [-0.05, 0) is 78.1 Å². The molecule has 0 aromatic rings. The summed E-state index contributed by atoms with van der Waals surface area (Å²) in [4.78, 5) is 0. The lowest BCUT2D eigenvalue weighted by molar-refractivity contribution is 0.483. The van der Waals surface area contributed by atoms with E-state index in [0.29, 0.717) is 18.1 Å². The average Bonchev–Trinajstić information content (AvgIpc) is 2.87. The molecule has 2 aliphatic carbocycles. The number of hydrogen-bond donors (Lipinski definition) is 0. The zero-order valence-electron chi connectivity index (χ0n) is 15.8. The van der Waals surface area contributed by atoms with Gasteiger partial charge in [0.15, 0.2) is 19.7 Å². The number of rotatable bonds is 7. The molecular formula is C18H34O4S2. The lowest BCUT2D eigenvalue weighted by Crippen LogP contribution is -2.37. The molecule has 2 unspecified atom stereocenters. The number of hydrogen-bond acceptors (Lipinski definition) is 4. The van der Waals surface area contributed by atoms with Gasteiger partial charge in [0.1, 0.15) is 0 Å². The van der Waals surface area contributed by atoms with Crippen LogP contribution in [0.2, 0.25) is 0 Å². The van der Waals surface area contributed by atoms with E-state index in [1.165, 1.54) is 0 Å². The zero-order chi connectivity index (χ0) is 18.4. The third-order valence-corrected chi connectivity index (χ3v) is 11.5. The van der Waals surface area contributed by atoms with Gasteiger partial charge >= 0.3 is 0 Å². The standard InChI is InChI=1S/C18H34O4S2/c1-17(2,3)23(19,20)13-16-10-15(16)11-18(4,5)24(21,22)12-14-8-6-7-9-14/h14-16H,6-13H2,1-5H3. The van der Waals surface area contributed by atoms with E-state index in [4.69, 9.17) is 0 Å². The predicted octanol–water partition coefficient (Wildman–Crippen LogP) is 3.61. The van der Waals surface area contributed by atoms with Crippen molar-refractivity contribution in [3.05, 3.63) is 0 Å². The minimum atomic E-state index is -3.14. The van der Waals surface area contributed by atoms with Gasteiger partial charge in [-0.1, -0.05) is 12.8 Å². The van der Waals surface area contributed by atoms with Gasteiger partial charge in [0.2, 0.25) is 0 Å². The Morgan fingerprint density at radius 2 is 1.33 bits per heavy atom. The molecule has 0 spiro atoms. The Morgan fingerprint density at radius 1 is 0.792 bits per heavy atom. The lowest BCUT2D eigenvalue weighted by Gasteiger charge is -2.27. The Labute approximate surface area is 148 Å². The lowest BCUT2D eigenvalue weighted by atomic mass is 10.1. The van der Waals surface area contributed by atoms with Crippen LogP contribution < -0.4 is 0 Å². The quantitative estimate of drug-likeness (QED) is 0.678. The highest BCUT2D eigenvalue weighted by atomic mass is 32.2. The van der Waals surface area contributed by atoms with Crippen LogP contribution in [-0.2, 0) is 19.7 Å². The molecule has 2 aliphatic rings. The molecule has 0 amide bonds. The normalized spacial score (nSPS) is 26.7. The van der Waals surface area contributed by atoms with Crippen molar-refractivity contribution < 1.29 is 16.8 Å². The highest BCUT2D eigenvalue weighted by molar-refractivity contribution is 7.93. The van der Waals surface area contributed by atoms with E-state index in [2.05, 4.69) is 0 Å². The number of sulfone groups is 2. The van der Waals surface area contributed by atoms with Gasteiger partial charge in [-0.3, -0.25) is 0 Å². The molecule has 2 atom stereocenters. The summed E-state index contributed by atoms with van der Waals surface area (Å²) in [7, 11) is -6.27. The monoisotopic (exact) mass is 378 g/mol. The van der Waals surface area contributed by atoms with E-state index in [-0.39, 0.29) is 17.6 Å². The van der Waals surface area contributed by atoms with Gasteiger partial charge in [-0.2, -0.15) is 0 Å². The molecule has 142 valence electrons. The minimum Gasteiger partial charge on any atom is -0.228 e. The summed E-state index contributed by atoms with van der Waals surface area (Å²) in [5.41, 5.74) is 0. The Morgan fingerprint density at radius 3 is 1.83 bits per heavy atom. The van der Waals surface area contributed by atoms with E-state index in [0.717, 1.165) is 32.1 Å². The first-order chi connectivity index (χ1) is 10.8. The van der Waals surface area contributed by atoms with Crippen molar-refractivity contribution in [3.63, 3.8) is 0 Å². The topological polar surface area (TPSA) is 68.3 Å². The second-order valence-corrected chi connectivity index (χ2v) is 15.0. The molecule has 0 saturated heterocycles. The van der Waals surface area contributed by atoms with Crippen LogP contribution in [-0.4, -0.2) is 37.8 Å². The molecular weight excluding hydrogens is 344 g/mol. The van der Waals surface area contributed by atoms with Crippen molar-refractivity contribution in [2.75, 3.05) is 11.5 Å². The highest BCUT2D eigenvalue weighted by Crippen LogP contribution is 2.47. The molecule has 0 heterocycles. The summed E-state index contributed by atoms with van der Waals surface area (Å²) < 4.78 is 48.8. The first-order valence-electron chi connectivity index (χ1n) is 9.20. The third-order valence-electron chi connectivity index (χ3n) is 5.96. The first kappa shape index (κ1) is 20.2. The Kier molecular flexibility index (Phi) is 5.53. The van der Waals surface area contributed by atoms with Crippen LogP contribution in [0.4, 0.5) is 0 Å². The van der Waals surface area contributed by atoms with Crippen LogP contribution in [0, 0.1) is 17.8 Å². The van der Waals surface area contributed by atoms with Crippen LogP contribution in [0.25, 0.3) is 0 Å². The van der Waals surface area contributed by atoms with Crippen molar-refractivity contribution in [2.45, 2.75) is 82.6 Å². The van der Waals surface area contributed by atoms with Gasteiger partial charge < -0.3 is 0 Å². The van der Waals surface area contributed by atoms with Crippen molar-refractivity contribution in [1.29, 1.82) is 0 Å². The summed E-state index contributed by atoms with van der Waals surface area (Å²) in [5, 5.41) is 0. The molecule has 0 aromatic carbocycles. The molecule has 2 fully saturated rings. The van der Waals surface area contributed by atoms with E-state index in [9.17, 15) is 16.8 Å². The predicted molar refractivity (Wildman–Crippen MR) is 99.6 cm³/mol. The summed E-state index contributed by atoms with van der Waals surface area (Å²) >= 11 is 0. The Hall–Kier alpha value is -0.100. The second-order valence-electron chi connectivity index (χ2n) is 9.55. The molecule has 0 radical (unpaired) electrons. The highest BCUT2D eigenvalue weighted by Gasteiger charge is 2.48. The molecule has 0 bridgehead atoms. The Balaban J connectivity index is 1.93. The van der Waals surface area contributed by atoms with Crippen molar-refractivity contribution in [2.24, 2.45) is 17.8 Å². The van der Waals surface area contributed by atoms with Gasteiger partial charge in [-0.15, -0.1) is 0 Å². The maximum absolute atomic E-state index is 12.8. The molecule has 24 heavy (non-hydrogen) atoms. The zero-order valence-corrected chi connectivity index (χ0v) is 17.5. The SMILES string of the molecule is CC(C)(C)S(=O)(=O)CC1CC1CC(C)(C)S(=O)(=O)CC1CCCC1. The second kappa shape index (κ2) is 6.57. The van der Waals surface area contributed by atoms with E-state index < -0.39 is 29.2 Å². The molecule has 0 aromatic heterocycles. The van der Waals surface area contributed by atoms with Crippen molar-refractivity contribution >= 4 is 19.7 Å². The molecule has 0 aliphatic heterocycles. The van der Waals surface area contributed by atoms with E-state index in [1.807, 2.05) is 13.8 Å². The fourth-order valence-electron chi connectivity index (χ4n) is 3.77. The van der Waals surface area contributed by atoms with Crippen LogP contribution in [0.5, 0.6) is 0 Å². The Bertz CT molecular complexity index is 648. The molecule has 2 rings (SSSR count). The van der Waals surface area contributed by atoms with Crippen LogP contribution in [0.3, 0.4) is 0 Å². The van der Waals surface area contributed by atoms with E-state index >= 15 is 0 Å². The molecule has 6 heteroatoms. The third kappa shape index (κ3) is 4.54. The van der Waals surface area contributed by atoms with Gasteiger partial charge in [0.05, 0.1) is 21.0 Å². The maximum atomic E-state index is 12.8. The van der Waals surface area contributed by atoms with Gasteiger partial charge in [0.25, 0.3) is 0 Å². The van der Waals surface area contributed by atoms with Crippen LogP contribution in [0.1, 0.15) is 73.1 Å². The minimum absolute atomic E-state index is 0.134. The summed E-state index contributed by atoms with van der Waals surface area (Å²) in [6.45, 7) is 8.84. The fraction of sp³-hybridized carbons (Fsp3) is 1.00. The first-order valence-corrected chi connectivity index (χ1v) is 12.5. The largest absolute Gasteiger partial charge is 0.228 e. The molecule has 2 saturated carbocycles. The molecule has 4 nitrogen and oxygen atoms in total. The summed E-state index contributed by atoms with van der Waals surface area (Å²) in [6.07, 6.45) is 5.80. The van der Waals surface area contributed by atoms with Crippen LogP contribution in [0.15, 0.2) is 0 Å². The summed E-state index contributed by atoms with van der Waals surface area (Å²) in [5.74, 6) is 1.19. The van der Waals surface area contributed by atoms with Gasteiger partial charge in [0, 0.05) is 0 Å².